The molecule has 0 saturated heterocycles. The molecule has 0 bridgehead atoms. The Morgan fingerprint density at radius 1 is 1.86 bits per heavy atom. The third-order valence-corrected chi connectivity index (χ3v) is 1.07. The Morgan fingerprint density at radius 3 is 2.71 bits per heavy atom. The average Bonchev–Trinajstić information content (AvgIpc) is 2.43. The van der Waals surface area contributed by atoms with Crippen LogP contribution in [0.5, 0.6) is 0 Å². The molecule has 1 rings (SSSR count). The van der Waals surface area contributed by atoms with Crippen LogP contribution in [0.1, 0.15) is 6.92 Å². The van der Waals surface area contributed by atoms with Crippen LogP contribution >= 0.6 is 0 Å². The first-order valence-electron chi connectivity index (χ1n) is 2.31. The topological polar surface area (TPSA) is 0 Å². The van der Waals surface area contributed by atoms with Gasteiger partial charge in [0.2, 0.25) is 0 Å². The molecule has 0 spiro atoms. The molecule has 0 aliphatic heterocycles. The molecule has 0 amide bonds. The monoisotopic (exact) mass is 98.1 g/mol. The summed E-state index contributed by atoms with van der Waals surface area (Å²) in [5.74, 6) is 0. The van der Waals surface area contributed by atoms with Gasteiger partial charge in [-0.2, -0.15) is 0 Å². The molecule has 0 saturated carbocycles. The van der Waals surface area contributed by atoms with Crippen molar-refractivity contribution in [3.63, 3.8) is 0 Å². The molecule has 0 radical (unpaired) electrons. The van der Waals surface area contributed by atoms with Crippen LogP contribution in [0, 0.1) is 0 Å². The molecule has 38 valence electrons. The fourth-order valence-corrected chi connectivity index (χ4v) is 0.536. The maximum absolute atomic E-state index is 11.5. The summed E-state index contributed by atoms with van der Waals surface area (Å²) in [5.41, 5.74) is 1.95. The van der Waals surface area contributed by atoms with E-state index in [4.69, 9.17) is 0 Å². The second-order valence-electron chi connectivity index (χ2n) is 1.55. The van der Waals surface area contributed by atoms with Crippen molar-refractivity contribution in [3.05, 3.63) is 23.3 Å². The maximum atomic E-state index is 11.5. The fourth-order valence-electron chi connectivity index (χ4n) is 0.536. The molecule has 1 aliphatic carbocycles. The number of hydrogen-bond donors (Lipinski definition) is 0. The Bertz CT molecular complexity index is 131. The lowest BCUT2D eigenvalue weighted by molar-refractivity contribution is 0.555. The molecule has 0 aromatic carbocycles. The van der Waals surface area contributed by atoms with Gasteiger partial charge in [0.05, 0.1) is 0 Å². The summed E-state index contributed by atoms with van der Waals surface area (Å²) in [6.07, 6.45) is 3.76. The molecule has 0 fully saturated rings. The van der Waals surface area contributed by atoms with Gasteiger partial charge in [0, 0.05) is 0 Å². The normalized spacial score (nSPS) is 22.6. The van der Waals surface area contributed by atoms with E-state index < -0.39 is 0 Å². The van der Waals surface area contributed by atoms with Crippen molar-refractivity contribution in [1.29, 1.82) is 0 Å². The summed E-state index contributed by atoms with van der Waals surface area (Å²) in [5, 5.41) is 0. The predicted molar refractivity (Wildman–Crippen MR) is 27.8 cm³/mol. The van der Waals surface area contributed by atoms with Crippen LogP contribution in [-0.2, 0) is 0 Å². The first-order chi connectivity index (χ1) is 3.38. The van der Waals surface area contributed by atoms with Crippen molar-refractivity contribution in [2.45, 2.75) is 6.92 Å². The van der Waals surface area contributed by atoms with Crippen LogP contribution in [0.3, 0.4) is 0 Å². The summed E-state index contributed by atoms with van der Waals surface area (Å²) in [6, 6.07) is 0. The number of hydrogen-bond acceptors (Lipinski definition) is 0. The van der Waals surface area contributed by atoms with Crippen LogP contribution in [0.15, 0.2) is 23.3 Å². The standard InChI is InChI=1S/C6H7F/c1-2-5-3-6(5)4-7/h2-3H,4H2,1H3/b5-2+. The zero-order valence-corrected chi connectivity index (χ0v) is 4.24. The van der Waals surface area contributed by atoms with Crippen molar-refractivity contribution in [2.24, 2.45) is 0 Å². The smallest absolute Gasteiger partial charge is 0.115 e. The molecule has 0 atom stereocenters. The highest BCUT2D eigenvalue weighted by Gasteiger charge is 2.12. The molecule has 0 nitrogen and oxygen atoms in total. The lowest BCUT2D eigenvalue weighted by atomic mass is 10.4. The summed E-state index contributed by atoms with van der Waals surface area (Å²) < 4.78 is 11.5. The molecular weight excluding hydrogens is 91.1 g/mol. The lowest BCUT2D eigenvalue weighted by Gasteiger charge is -1.72. The molecule has 0 N–H and O–H groups in total. The van der Waals surface area contributed by atoms with Gasteiger partial charge in [-0.15, -0.1) is 0 Å². The highest BCUT2D eigenvalue weighted by molar-refractivity contribution is 5.57. The number of halogens is 1. The van der Waals surface area contributed by atoms with E-state index in [2.05, 4.69) is 0 Å². The molecule has 7 heavy (non-hydrogen) atoms. The van der Waals surface area contributed by atoms with Gasteiger partial charge in [0.25, 0.3) is 0 Å². The van der Waals surface area contributed by atoms with Gasteiger partial charge >= 0.3 is 0 Å². The SMILES string of the molecule is C/C=C1C=C\1CF. The number of rotatable bonds is 1. The highest BCUT2D eigenvalue weighted by atomic mass is 19.1. The molecule has 0 heterocycles. The summed E-state index contributed by atoms with van der Waals surface area (Å²) in [4.78, 5) is 0. The summed E-state index contributed by atoms with van der Waals surface area (Å²) >= 11 is 0. The van der Waals surface area contributed by atoms with Crippen molar-refractivity contribution in [2.75, 3.05) is 6.67 Å². The Balaban J connectivity index is 2.41. The van der Waals surface area contributed by atoms with Crippen molar-refractivity contribution >= 4 is 0 Å². The minimum absolute atomic E-state index is 0.292. The van der Waals surface area contributed by atoms with Gasteiger partial charge in [0.1, 0.15) is 6.67 Å². The minimum atomic E-state index is -0.292. The number of alkyl halides is 1. The lowest BCUT2D eigenvalue weighted by Crippen LogP contribution is -1.63. The zero-order chi connectivity index (χ0) is 5.28. The van der Waals surface area contributed by atoms with E-state index in [1.54, 1.807) is 0 Å². The molecule has 1 heteroatoms. The first-order valence-corrected chi connectivity index (χ1v) is 2.31. The van der Waals surface area contributed by atoms with Crippen molar-refractivity contribution in [3.8, 4) is 0 Å². The average molecular weight is 98.1 g/mol. The summed E-state index contributed by atoms with van der Waals surface area (Å²) in [7, 11) is 0. The minimum Gasteiger partial charge on any atom is -0.246 e. The zero-order valence-electron chi connectivity index (χ0n) is 4.24. The Morgan fingerprint density at radius 2 is 2.57 bits per heavy atom. The second-order valence-corrected chi connectivity index (χ2v) is 1.55. The Kier molecular flexibility index (Phi) is 0.970. The van der Waals surface area contributed by atoms with Gasteiger partial charge < -0.3 is 0 Å². The molecule has 0 aromatic rings. The Labute approximate surface area is 42.3 Å². The van der Waals surface area contributed by atoms with Gasteiger partial charge in [-0.25, -0.2) is 4.39 Å². The maximum Gasteiger partial charge on any atom is 0.115 e. The Hall–Kier alpha value is -0.590. The third kappa shape index (κ3) is 0.710. The van der Waals surface area contributed by atoms with E-state index >= 15 is 0 Å². The van der Waals surface area contributed by atoms with E-state index in [-0.39, 0.29) is 6.67 Å². The summed E-state index contributed by atoms with van der Waals surface area (Å²) in [6.45, 7) is 1.62. The van der Waals surface area contributed by atoms with Crippen LogP contribution in [0.25, 0.3) is 0 Å². The number of allylic oxidation sites excluding steroid dienone is 4. The van der Waals surface area contributed by atoms with E-state index in [0.717, 1.165) is 11.1 Å². The molecule has 0 aromatic heterocycles. The molecule has 1 aliphatic rings. The van der Waals surface area contributed by atoms with Gasteiger partial charge in [-0.1, -0.05) is 6.08 Å². The quantitative estimate of drug-likeness (QED) is 0.469. The molecular formula is C6H7F. The van der Waals surface area contributed by atoms with Crippen molar-refractivity contribution in [1.82, 2.24) is 0 Å². The largest absolute Gasteiger partial charge is 0.246 e. The van der Waals surface area contributed by atoms with Crippen LogP contribution in [0.2, 0.25) is 0 Å². The van der Waals surface area contributed by atoms with E-state index in [0.29, 0.717) is 0 Å². The fraction of sp³-hybridized carbons (Fsp3) is 0.333. The van der Waals surface area contributed by atoms with Gasteiger partial charge in [0.15, 0.2) is 0 Å². The predicted octanol–water partition coefficient (Wildman–Crippen LogP) is 1.84. The third-order valence-electron chi connectivity index (χ3n) is 1.07. The van der Waals surface area contributed by atoms with Crippen molar-refractivity contribution < 1.29 is 4.39 Å². The van der Waals surface area contributed by atoms with Gasteiger partial charge in [-0.05, 0) is 24.1 Å². The van der Waals surface area contributed by atoms with E-state index in [1.807, 2.05) is 19.1 Å². The second kappa shape index (κ2) is 1.49. The van der Waals surface area contributed by atoms with Crippen LogP contribution < -0.4 is 0 Å². The van der Waals surface area contributed by atoms with E-state index in [9.17, 15) is 4.39 Å². The van der Waals surface area contributed by atoms with Crippen LogP contribution in [0.4, 0.5) is 4.39 Å². The van der Waals surface area contributed by atoms with Crippen LogP contribution in [-0.4, -0.2) is 6.67 Å². The highest BCUT2D eigenvalue weighted by Crippen LogP contribution is 2.26. The molecule has 0 unspecified atom stereocenters. The van der Waals surface area contributed by atoms with E-state index in [1.165, 1.54) is 0 Å². The first kappa shape index (κ1) is 4.57. The van der Waals surface area contributed by atoms with Gasteiger partial charge in [-0.3, -0.25) is 0 Å².